The lowest BCUT2D eigenvalue weighted by Crippen LogP contribution is -2.32. The summed E-state index contributed by atoms with van der Waals surface area (Å²) in [6, 6.07) is 6.99. The van der Waals surface area contributed by atoms with E-state index in [1.807, 2.05) is 19.1 Å². The Morgan fingerprint density at radius 3 is 2.56 bits per heavy atom. The summed E-state index contributed by atoms with van der Waals surface area (Å²) in [4.78, 5) is 34.0. The smallest absolute Gasteiger partial charge is 0.338 e. The number of hydrogen-bond donors (Lipinski definition) is 1. The van der Waals surface area contributed by atoms with Gasteiger partial charge in [-0.2, -0.15) is 11.8 Å². The molecule has 1 N–H and O–H groups in total. The molecule has 0 saturated heterocycles. The normalized spacial score (nSPS) is 12.7. The summed E-state index contributed by atoms with van der Waals surface area (Å²) in [6.07, 6.45) is 3.23. The first-order valence-electron chi connectivity index (χ1n) is 8.16. The Labute approximate surface area is 153 Å². The molecule has 0 spiro atoms. The lowest BCUT2D eigenvalue weighted by atomic mass is 10.0. The molecule has 136 valence electrons. The topological polar surface area (TPSA) is 72.5 Å². The van der Waals surface area contributed by atoms with Crippen molar-refractivity contribution < 1.29 is 19.1 Å². The van der Waals surface area contributed by atoms with Gasteiger partial charge in [-0.1, -0.05) is 24.8 Å². The first-order valence-corrected chi connectivity index (χ1v) is 9.31. The van der Waals surface area contributed by atoms with Crippen LogP contribution in [0.3, 0.4) is 0 Å². The fraction of sp³-hybridized carbons (Fsp3) is 0.421. The van der Waals surface area contributed by atoms with Crippen LogP contribution < -0.4 is 5.32 Å². The largest absolute Gasteiger partial charge is 0.461 e. The van der Waals surface area contributed by atoms with Crippen LogP contribution in [0, 0.1) is 5.92 Å². The molecule has 0 saturated carbocycles. The van der Waals surface area contributed by atoms with Gasteiger partial charge in [-0.25, -0.2) is 4.79 Å². The van der Waals surface area contributed by atoms with E-state index in [-0.39, 0.29) is 23.8 Å². The number of thioether (sulfide) groups is 1. The monoisotopic (exact) mass is 363 g/mol. The number of esters is 1. The Kier molecular flexibility index (Phi) is 9.62. The number of benzene rings is 1. The van der Waals surface area contributed by atoms with Gasteiger partial charge in [0.25, 0.3) is 0 Å². The van der Waals surface area contributed by atoms with Crippen molar-refractivity contribution in [2.45, 2.75) is 26.3 Å². The first-order chi connectivity index (χ1) is 12.0. The van der Waals surface area contributed by atoms with Crippen LogP contribution in [0.25, 0.3) is 6.08 Å². The van der Waals surface area contributed by atoms with Gasteiger partial charge < -0.3 is 14.8 Å². The number of amides is 1. The van der Waals surface area contributed by atoms with Crippen LogP contribution in [-0.4, -0.2) is 42.3 Å². The second-order valence-corrected chi connectivity index (χ2v) is 6.92. The van der Waals surface area contributed by atoms with Crippen molar-refractivity contribution in [3.8, 4) is 0 Å². The summed E-state index contributed by atoms with van der Waals surface area (Å²) in [6.45, 7) is 7.29. The van der Waals surface area contributed by atoms with E-state index >= 15 is 0 Å². The third-order valence-electron chi connectivity index (χ3n) is 3.47. The van der Waals surface area contributed by atoms with Gasteiger partial charge in [0.1, 0.15) is 12.9 Å². The molecule has 0 aliphatic heterocycles. The lowest BCUT2D eigenvalue weighted by molar-refractivity contribution is -0.120. The van der Waals surface area contributed by atoms with Crippen molar-refractivity contribution in [3.05, 3.63) is 42.0 Å². The number of carbonyl (C=O) groups excluding carboxylic acids is 3. The van der Waals surface area contributed by atoms with Crippen LogP contribution in [0.4, 0.5) is 0 Å². The molecule has 2 atom stereocenters. The fourth-order valence-corrected chi connectivity index (χ4v) is 3.17. The van der Waals surface area contributed by atoms with Crippen molar-refractivity contribution in [1.82, 2.24) is 5.32 Å². The van der Waals surface area contributed by atoms with E-state index in [1.54, 1.807) is 30.0 Å². The average molecular weight is 363 g/mol. The minimum atomic E-state index is -0.359. The third kappa shape index (κ3) is 8.54. The molecule has 2 unspecified atom stereocenters. The number of carbonyl (C=O) groups is 3. The highest BCUT2D eigenvalue weighted by molar-refractivity contribution is 7.99. The molecule has 5 nitrogen and oxygen atoms in total. The maximum Gasteiger partial charge on any atom is 0.338 e. The van der Waals surface area contributed by atoms with E-state index in [2.05, 4.69) is 11.9 Å². The molecule has 1 rings (SSSR count). The molecule has 0 aliphatic rings. The van der Waals surface area contributed by atoms with Gasteiger partial charge in [0.05, 0.1) is 5.56 Å². The standard InChI is InChI=1S/C19H25NO4S/c1-4-16-5-7-18(8-6-16)19(23)24-9-10-25-13-17(12-21)11-14(2)20-15(3)22/h4-8,12,14,17H,1,9-11,13H2,2-3H3,(H,20,22). The van der Waals surface area contributed by atoms with Gasteiger partial charge >= 0.3 is 5.97 Å². The van der Waals surface area contributed by atoms with Crippen LogP contribution in [0.15, 0.2) is 30.8 Å². The summed E-state index contributed by atoms with van der Waals surface area (Å²) in [5.41, 5.74) is 1.45. The Balaban J connectivity index is 2.25. The molecular formula is C19H25NO4S. The molecule has 0 fully saturated rings. The van der Waals surface area contributed by atoms with Crippen LogP contribution >= 0.6 is 11.8 Å². The van der Waals surface area contributed by atoms with Crippen molar-refractivity contribution >= 4 is 36.0 Å². The third-order valence-corrected chi connectivity index (χ3v) is 4.59. The number of hydrogen-bond acceptors (Lipinski definition) is 5. The van der Waals surface area contributed by atoms with Crippen molar-refractivity contribution in [3.63, 3.8) is 0 Å². The Hall–Kier alpha value is -2.08. The lowest BCUT2D eigenvalue weighted by Gasteiger charge is -2.16. The molecule has 6 heteroatoms. The zero-order chi connectivity index (χ0) is 18.7. The molecule has 0 heterocycles. The van der Waals surface area contributed by atoms with E-state index in [4.69, 9.17) is 4.74 Å². The second kappa shape index (κ2) is 11.5. The summed E-state index contributed by atoms with van der Waals surface area (Å²) >= 11 is 1.56. The summed E-state index contributed by atoms with van der Waals surface area (Å²) < 4.78 is 5.22. The maximum atomic E-state index is 11.9. The van der Waals surface area contributed by atoms with Gasteiger partial charge in [0, 0.05) is 30.4 Å². The van der Waals surface area contributed by atoms with Crippen LogP contribution in [0.1, 0.15) is 36.2 Å². The molecule has 1 amide bonds. The quantitative estimate of drug-likeness (QED) is 0.372. The average Bonchev–Trinajstić information content (AvgIpc) is 2.59. The summed E-state index contributed by atoms with van der Waals surface area (Å²) in [7, 11) is 0. The van der Waals surface area contributed by atoms with Gasteiger partial charge in [0.2, 0.25) is 5.91 Å². The van der Waals surface area contributed by atoms with Gasteiger partial charge in [0.15, 0.2) is 0 Å². The summed E-state index contributed by atoms with van der Waals surface area (Å²) in [5, 5.41) is 2.77. The van der Waals surface area contributed by atoms with E-state index < -0.39 is 0 Å². The highest BCUT2D eigenvalue weighted by Gasteiger charge is 2.13. The summed E-state index contributed by atoms with van der Waals surface area (Å²) in [5.74, 6) is 0.670. The van der Waals surface area contributed by atoms with Gasteiger partial charge in [-0.3, -0.25) is 4.79 Å². The molecule has 0 aliphatic carbocycles. The van der Waals surface area contributed by atoms with E-state index in [1.165, 1.54) is 6.92 Å². The number of aldehydes is 1. The first kappa shape index (κ1) is 21.0. The highest BCUT2D eigenvalue weighted by atomic mass is 32.2. The van der Waals surface area contributed by atoms with Gasteiger partial charge in [-0.15, -0.1) is 0 Å². The SMILES string of the molecule is C=Cc1ccc(C(=O)OCCSCC(C=O)CC(C)NC(C)=O)cc1. The predicted molar refractivity (Wildman–Crippen MR) is 102 cm³/mol. The van der Waals surface area contributed by atoms with Crippen LogP contribution in [0.2, 0.25) is 0 Å². The van der Waals surface area contributed by atoms with Crippen LogP contribution in [0.5, 0.6) is 0 Å². The van der Waals surface area contributed by atoms with E-state index in [0.29, 0.717) is 30.1 Å². The van der Waals surface area contributed by atoms with Crippen molar-refractivity contribution in [2.75, 3.05) is 18.1 Å². The zero-order valence-corrected chi connectivity index (χ0v) is 15.5. The fourth-order valence-electron chi connectivity index (χ4n) is 2.29. The second-order valence-electron chi connectivity index (χ2n) is 5.77. The van der Waals surface area contributed by atoms with Gasteiger partial charge in [-0.05, 0) is 31.0 Å². The minimum Gasteiger partial charge on any atom is -0.461 e. The van der Waals surface area contributed by atoms with Crippen LogP contribution in [-0.2, 0) is 14.3 Å². The molecule has 0 radical (unpaired) electrons. The Bertz CT molecular complexity index is 586. The van der Waals surface area contributed by atoms with E-state index in [0.717, 1.165) is 11.8 Å². The molecule has 1 aromatic rings. The number of ether oxygens (including phenoxy) is 1. The molecule has 1 aromatic carbocycles. The zero-order valence-electron chi connectivity index (χ0n) is 14.7. The molecule has 0 aromatic heterocycles. The highest BCUT2D eigenvalue weighted by Crippen LogP contribution is 2.13. The Morgan fingerprint density at radius 1 is 1.32 bits per heavy atom. The molecule has 25 heavy (non-hydrogen) atoms. The maximum absolute atomic E-state index is 11.9. The molecular weight excluding hydrogens is 338 g/mol. The number of nitrogens with one attached hydrogen (secondary N) is 1. The van der Waals surface area contributed by atoms with Crippen molar-refractivity contribution in [2.24, 2.45) is 5.92 Å². The number of rotatable bonds is 11. The predicted octanol–water partition coefficient (Wildman–Crippen LogP) is 2.95. The van der Waals surface area contributed by atoms with E-state index in [9.17, 15) is 14.4 Å². The minimum absolute atomic E-state index is 0.0373. The Morgan fingerprint density at radius 2 is 2.00 bits per heavy atom. The molecule has 0 bridgehead atoms. The van der Waals surface area contributed by atoms with Crippen molar-refractivity contribution in [1.29, 1.82) is 0 Å².